The minimum atomic E-state index is -1.53. The third-order valence-corrected chi connectivity index (χ3v) is 4.97. The fourth-order valence-corrected chi connectivity index (χ4v) is 3.53. The summed E-state index contributed by atoms with van der Waals surface area (Å²) in [4.78, 5) is 29.0. The van der Waals surface area contributed by atoms with Gasteiger partial charge in [-0.2, -0.15) is 0 Å². The summed E-state index contributed by atoms with van der Waals surface area (Å²) < 4.78 is 0. The molecule has 0 aliphatic carbocycles. The van der Waals surface area contributed by atoms with E-state index in [2.05, 4.69) is 15.6 Å². The Labute approximate surface area is 168 Å². The summed E-state index contributed by atoms with van der Waals surface area (Å²) in [5.41, 5.74) is -1.30. The van der Waals surface area contributed by atoms with E-state index in [4.69, 9.17) is 0 Å². The molecule has 3 rings (SSSR count). The van der Waals surface area contributed by atoms with Gasteiger partial charge < -0.3 is 20.8 Å². The zero-order valence-electron chi connectivity index (χ0n) is 16.4. The van der Waals surface area contributed by atoms with Gasteiger partial charge in [0, 0.05) is 17.3 Å². The largest absolute Gasteiger partial charge is 0.493 e. The quantitative estimate of drug-likeness (QED) is 0.533. The Morgan fingerprint density at radius 3 is 2.31 bits per heavy atom. The first-order chi connectivity index (χ1) is 13.6. The topological polar surface area (TPSA) is 112 Å². The minimum Gasteiger partial charge on any atom is -0.493 e. The molecule has 0 aliphatic rings. The molecule has 2 amide bonds. The molecule has 0 saturated carbocycles. The number of nitrogens with one attached hydrogen (secondary N) is 2. The predicted octanol–water partition coefficient (Wildman–Crippen LogP) is 4.09. The van der Waals surface area contributed by atoms with E-state index in [9.17, 15) is 19.8 Å². The van der Waals surface area contributed by atoms with Crippen LogP contribution in [-0.2, 0) is 10.3 Å². The van der Waals surface area contributed by atoms with Crippen molar-refractivity contribution in [2.75, 3.05) is 5.32 Å². The van der Waals surface area contributed by atoms with Gasteiger partial charge in [-0.3, -0.25) is 4.79 Å². The van der Waals surface area contributed by atoms with E-state index in [1.165, 1.54) is 6.20 Å². The first-order valence-electron chi connectivity index (χ1n) is 9.11. The number of amides is 2. The van der Waals surface area contributed by atoms with Crippen molar-refractivity contribution in [1.29, 1.82) is 0 Å². The molecule has 0 bridgehead atoms. The molecule has 3 aromatic rings. The van der Waals surface area contributed by atoms with Crippen LogP contribution < -0.4 is 10.6 Å². The van der Waals surface area contributed by atoms with Crippen molar-refractivity contribution in [1.82, 2.24) is 10.3 Å². The number of aromatic hydroxyl groups is 1. The van der Waals surface area contributed by atoms with Crippen LogP contribution in [0.5, 0.6) is 5.88 Å². The van der Waals surface area contributed by atoms with Crippen LogP contribution in [-0.4, -0.2) is 27.2 Å². The van der Waals surface area contributed by atoms with Gasteiger partial charge in [-0.15, -0.1) is 0 Å². The molecule has 150 valence electrons. The van der Waals surface area contributed by atoms with Crippen LogP contribution in [0.15, 0.2) is 60.8 Å². The number of hydrogen-bond acceptors (Lipinski definition) is 4. The molecule has 0 unspecified atom stereocenters. The number of aromatic nitrogens is 1. The zero-order chi connectivity index (χ0) is 21.2. The molecule has 0 spiro atoms. The second-order valence-electron chi connectivity index (χ2n) is 7.82. The number of carboxylic acid groups (broad SMARTS) is 1. The highest BCUT2D eigenvalue weighted by atomic mass is 16.4. The molecule has 7 heteroatoms. The van der Waals surface area contributed by atoms with Crippen molar-refractivity contribution in [2.45, 2.75) is 26.3 Å². The maximum atomic E-state index is 13.5. The van der Waals surface area contributed by atoms with Crippen LogP contribution in [0.3, 0.4) is 0 Å². The Hall–Kier alpha value is -3.61. The summed E-state index contributed by atoms with van der Waals surface area (Å²) in [6.45, 7) is 5.42. The van der Waals surface area contributed by atoms with Crippen molar-refractivity contribution >= 4 is 28.5 Å². The van der Waals surface area contributed by atoms with Crippen molar-refractivity contribution < 1.29 is 19.8 Å². The van der Waals surface area contributed by atoms with Gasteiger partial charge in [0.25, 0.3) is 5.91 Å². The number of benzene rings is 2. The lowest BCUT2D eigenvalue weighted by Gasteiger charge is -2.43. The number of hydrogen-bond donors (Lipinski definition) is 4. The smallest absolute Gasteiger partial charge is 0.405 e. The molecule has 0 radical (unpaired) electrons. The van der Waals surface area contributed by atoms with E-state index in [1.54, 1.807) is 75.4 Å². The summed E-state index contributed by atoms with van der Waals surface area (Å²) >= 11 is 0. The van der Waals surface area contributed by atoms with E-state index in [-0.39, 0.29) is 5.88 Å². The van der Waals surface area contributed by atoms with Crippen molar-refractivity contribution in [3.8, 4) is 5.88 Å². The molecule has 7 nitrogen and oxygen atoms in total. The summed E-state index contributed by atoms with van der Waals surface area (Å²) in [7, 11) is 0. The highest BCUT2D eigenvalue weighted by molar-refractivity contribution is 6.02. The Morgan fingerprint density at radius 2 is 1.69 bits per heavy atom. The van der Waals surface area contributed by atoms with E-state index >= 15 is 0 Å². The van der Waals surface area contributed by atoms with E-state index in [0.29, 0.717) is 22.0 Å². The summed E-state index contributed by atoms with van der Waals surface area (Å²) in [6, 6.07) is 15.5. The molecular weight excluding hydrogens is 370 g/mol. The van der Waals surface area contributed by atoms with Crippen LogP contribution >= 0.6 is 0 Å². The zero-order valence-corrected chi connectivity index (χ0v) is 16.4. The maximum Gasteiger partial charge on any atom is 0.405 e. The molecule has 0 fully saturated rings. The van der Waals surface area contributed by atoms with E-state index in [1.807, 2.05) is 0 Å². The number of nitrogens with zero attached hydrogens (tertiary/aromatic N) is 1. The number of carbonyl (C=O) groups excluding carboxylic acids is 1. The Kier molecular flexibility index (Phi) is 5.16. The highest BCUT2D eigenvalue weighted by Gasteiger charge is 2.51. The molecule has 1 heterocycles. The van der Waals surface area contributed by atoms with Gasteiger partial charge in [0.1, 0.15) is 0 Å². The van der Waals surface area contributed by atoms with Crippen molar-refractivity contribution in [2.24, 2.45) is 5.41 Å². The predicted molar refractivity (Wildman–Crippen MR) is 111 cm³/mol. The average Bonchev–Trinajstić information content (AvgIpc) is 2.65. The van der Waals surface area contributed by atoms with Gasteiger partial charge in [0.15, 0.2) is 5.54 Å². The minimum absolute atomic E-state index is 0.0961. The van der Waals surface area contributed by atoms with Gasteiger partial charge in [0.2, 0.25) is 5.88 Å². The summed E-state index contributed by atoms with van der Waals surface area (Å²) in [5.74, 6) is -0.600. The lowest BCUT2D eigenvalue weighted by Crippen LogP contribution is -2.61. The molecule has 1 aromatic heterocycles. The molecule has 2 aromatic carbocycles. The summed E-state index contributed by atoms with van der Waals surface area (Å²) in [6.07, 6.45) is 0.173. The molecule has 1 atom stereocenters. The second-order valence-corrected chi connectivity index (χ2v) is 7.82. The second kappa shape index (κ2) is 7.43. The van der Waals surface area contributed by atoms with Crippen LogP contribution in [0.1, 0.15) is 26.3 Å². The molecule has 29 heavy (non-hydrogen) atoms. The van der Waals surface area contributed by atoms with Gasteiger partial charge >= 0.3 is 6.09 Å². The van der Waals surface area contributed by atoms with Crippen LogP contribution in [0.4, 0.5) is 10.5 Å². The van der Waals surface area contributed by atoms with Crippen LogP contribution in [0, 0.1) is 5.41 Å². The van der Waals surface area contributed by atoms with E-state index < -0.39 is 23.0 Å². The molecular formula is C22H23N3O4. The standard InChI is InChI=1S/C22H23N3O4/c1-21(2,3)22(25-20(28)29,15-7-5-4-6-8-15)19(27)24-16-9-10-17-14(13-16)11-12-23-18(17)26/h4-13,25H,1-3H3,(H,23,26)(H,24,27)(H,28,29)/t22-/m1/s1. The van der Waals surface area contributed by atoms with Crippen molar-refractivity contribution in [3.05, 3.63) is 66.4 Å². The monoisotopic (exact) mass is 393 g/mol. The van der Waals surface area contributed by atoms with Gasteiger partial charge in [-0.05, 0) is 40.6 Å². The fraction of sp³-hybridized carbons (Fsp3) is 0.227. The first kappa shape index (κ1) is 20.1. The number of fused-ring (bicyclic) bond motifs is 1. The molecule has 0 aliphatic heterocycles. The average molecular weight is 393 g/mol. The molecule has 0 saturated heterocycles. The third kappa shape index (κ3) is 3.71. The lowest BCUT2D eigenvalue weighted by molar-refractivity contribution is -0.127. The Morgan fingerprint density at radius 1 is 1.00 bits per heavy atom. The number of pyridine rings is 1. The number of anilines is 1. The van der Waals surface area contributed by atoms with Crippen LogP contribution in [0.2, 0.25) is 0 Å². The molecule has 4 N–H and O–H groups in total. The van der Waals surface area contributed by atoms with Gasteiger partial charge in [-0.1, -0.05) is 51.1 Å². The Balaban J connectivity index is 2.08. The highest BCUT2D eigenvalue weighted by Crippen LogP contribution is 2.40. The SMILES string of the molecule is CC(C)(C)[C@](NC(=O)O)(C(=O)Nc1ccc2c(O)nccc2c1)c1ccccc1. The number of rotatable bonds is 4. The normalized spacial score (nSPS) is 13.5. The van der Waals surface area contributed by atoms with Gasteiger partial charge in [0.05, 0.1) is 0 Å². The third-order valence-electron chi connectivity index (χ3n) is 4.97. The van der Waals surface area contributed by atoms with Crippen molar-refractivity contribution in [3.63, 3.8) is 0 Å². The maximum absolute atomic E-state index is 13.5. The lowest BCUT2D eigenvalue weighted by atomic mass is 9.68. The van der Waals surface area contributed by atoms with Gasteiger partial charge in [-0.25, -0.2) is 9.78 Å². The first-order valence-corrected chi connectivity index (χ1v) is 9.11. The number of carbonyl (C=O) groups is 2. The summed E-state index contributed by atoms with van der Waals surface area (Å²) in [5, 5.41) is 25.9. The fourth-order valence-electron chi connectivity index (χ4n) is 3.53. The van der Waals surface area contributed by atoms with E-state index in [0.717, 1.165) is 0 Å². The van der Waals surface area contributed by atoms with Crippen LogP contribution in [0.25, 0.3) is 10.8 Å². The Bertz CT molecular complexity index is 1060.